The molecule has 0 aromatic rings. The van der Waals surface area contributed by atoms with Crippen LogP contribution in [-0.2, 0) is 9.05 Å². The molecule has 128 valence electrons. The molecule has 2 saturated heterocycles. The Morgan fingerprint density at radius 3 is 2.27 bits per heavy atom. The lowest BCUT2D eigenvalue weighted by atomic mass is 9.88. The SMILES string of the molecule is CC(C)[C@H]1N[C@H]([P+]2([O-])OCC(C)(C)CO2)C2(CCCCC2)S1. The van der Waals surface area contributed by atoms with Crippen LogP contribution in [0.4, 0.5) is 0 Å². The first kappa shape index (κ1) is 17.4. The van der Waals surface area contributed by atoms with Crippen LogP contribution in [-0.4, -0.2) is 29.1 Å². The fourth-order valence-corrected chi connectivity index (χ4v) is 8.65. The van der Waals surface area contributed by atoms with Gasteiger partial charge in [-0.05, 0) is 18.8 Å². The van der Waals surface area contributed by atoms with Crippen LogP contribution < -0.4 is 10.2 Å². The number of nitrogens with one attached hydrogen (secondary N) is 1. The van der Waals surface area contributed by atoms with Gasteiger partial charge in [0.15, 0.2) is 5.78 Å². The second-order valence-electron chi connectivity index (χ2n) is 8.23. The van der Waals surface area contributed by atoms with Crippen LogP contribution in [0.1, 0.15) is 59.8 Å². The van der Waals surface area contributed by atoms with E-state index in [4.69, 9.17) is 9.05 Å². The molecule has 4 nitrogen and oxygen atoms in total. The van der Waals surface area contributed by atoms with Crippen LogP contribution in [0.2, 0.25) is 0 Å². The van der Waals surface area contributed by atoms with Gasteiger partial charge in [0.05, 0.1) is 10.1 Å². The molecule has 0 radical (unpaired) electrons. The minimum atomic E-state index is -3.08. The molecule has 3 aliphatic rings. The summed E-state index contributed by atoms with van der Waals surface area (Å²) in [7, 11) is -3.08. The molecular weight excluding hydrogens is 317 g/mol. The molecule has 2 atom stereocenters. The third-order valence-electron chi connectivity index (χ3n) is 5.07. The largest absolute Gasteiger partial charge is 0.630 e. The van der Waals surface area contributed by atoms with Crippen molar-refractivity contribution in [1.29, 1.82) is 0 Å². The van der Waals surface area contributed by atoms with E-state index in [1.807, 2.05) is 11.8 Å². The average Bonchev–Trinajstić information content (AvgIpc) is 2.84. The molecule has 0 amide bonds. The predicted octanol–water partition coefficient (Wildman–Crippen LogP) is 3.53. The van der Waals surface area contributed by atoms with Gasteiger partial charge in [-0.3, -0.25) is 5.32 Å². The van der Waals surface area contributed by atoms with Gasteiger partial charge in [-0.25, -0.2) is 9.05 Å². The highest BCUT2D eigenvalue weighted by atomic mass is 32.2. The topological polar surface area (TPSA) is 53.5 Å². The minimum absolute atomic E-state index is 0.0319. The summed E-state index contributed by atoms with van der Waals surface area (Å²) >= 11 is 2.00. The predicted molar refractivity (Wildman–Crippen MR) is 91.6 cm³/mol. The molecule has 1 saturated carbocycles. The summed E-state index contributed by atoms with van der Waals surface area (Å²) in [6.07, 6.45) is 5.99. The maximum absolute atomic E-state index is 13.4. The zero-order valence-corrected chi connectivity index (χ0v) is 16.0. The second-order valence-corrected chi connectivity index (χ2v) is 11.9. The fraction of sp³-hybridized carbons (Fsp3) is 1.00. The van der Waals surface area contributed by atoms with Crippen molar-refractivity contribution in [2.45, 2.75) is 75.7 Å². The van der Waals surface area contributed by atoms with E-state index < -0.39 is 7.94 Å². The molecule has 0 aromatic heterocycles. The quantitative estimate of drug-likeness (QED) is 0.775. The Labute approximate surface area is 139 Å². The Hall–Kier alpha value is 0.620. The first-order valence-corrected chi connectivity index (χ1v) is 11.1. The van der Waals surface area contributed by atoms with Crippen molar-refractivity contribution < 1.29 is 13.9 Å². The van der Waals surface area contributed by atoms with E-state index >= 15 is 0 Å². The van der Waals surface area contributed by atoms with E-state index in [0.29, 0.717) is 24.5 Å². The maximum Gasteiger partial charge on any atom is 0.256 e. The van der Waals surface area contributed by atoms with Gasteiger partial charge in [0.25, 0.3) is 7.94 Å². The van der Waals surface area contributed by atoms with E-state index in [9.17, 15) is 4.89 Å². The van der Waals surface area contributed by atoms with Crippen LogP contribution in [0.25, 0.3) is 0 Å². The summed E-state index contributed by atoms with van der Waals surface area (Å²) in [6.45, 7) is 9.70. The monoisotopic (exact) mass is 347 g/mol. The molecule has 3 rings (SSSR count). The van der Waals surface area contributed by atoms with Gasteiger partial charge < -0.3 is 4.89 Å². The number of rotatable bonds is 2. The van der Waals surface area contributed by atoms with Crippen molar-refractivity contribution >= 4 is 19.7 Å². The molecule has 1 N–H and O–H groups in total. The Morgan fingerprint density at radius 2 is 1.73 bits per heavy atom. The van der Waals surface area contributed by atoms with Gasteiger partial charge >= 0.3 is 0 Å². The third-order valence-corrected chi connectivity index (χ3v) is 9.55. The molecule has 6 heteroatoms. The third kappa shape index (κ3) is 3.22. The lowest BCUT2D eigenvalue weighted by Crippen LogP contribution is -2.51. The molecule has 0 bridgehead atoms. The first-order chi connectivity index (χ1) is 10.3. The second kappa shape index (κ2) is 6.16. The lowest BCUT2D eigenvalue weighted by molar-refractivity contribution is -0.238. The highest BCUT2D eigenvalue weighted by molar-refractivity contribution is 8.02. The van der Waals surface area contributed by atoms with Crippen molar-refractivity contribution in [3.05, 3.63) is 0 Å². The molecule has 2 aliphatic heterocycles. The number of hydrogen-bond acceptors (Lipinski definition) is 5. The summed E-state index contributed by atoms with van der Waals surface area (Å²) < 4.78 is 11.8. The molecule has 2 heterocycles. The van der Waals surface area contributed by atoms with Crippen molar-refractivity contribution in [1.82, 2.24) is 5.32 Å². The highest BCUT2D eigenvalue weighted by Crippen LogP contribution is 2.69. The van der Waals surface area contributed by atoms with E-state index in [0.717, 1.165) is 12.8 Å². The average molecular weight is 347 g/mol. The van der Waals surface area contributed by atoms with Gasteiger partial charge in [0, 0.05) is 5.41 Å². The van der Waals surface area contributed by atoms with E-state index in [1.165, 1.54) is 19.3 Å². The van der Waals surface area contributed by atoms with Crippen molar-refractivity contribution in [3.63, 3.8) is 0 Å². The van der Waals surface area contributed by atoms with Gasteiger partial charge in [-0.15, -0.1) is 11.8 Å². The van der Waals surface area contributed by atoms with E-state index in [1.54, 1.807) is 0 Å². The van der Waals surface area contributed by atoms with E-state index in [2.05, 4.69) is 33.0 Å². The van der Waals surface area contributed by atoms with Gasteiger partial charge in [0.2, 0.25) is 0 Å². The molecule has 0 aromatic carbocycles. The standard InChI is InChI=1S/C16H30NO3PS/c1-12(2)13-17-14(16(22-13)8-6-5-7-9-16)21(18)19-10-15(3,4)11-20-21/h12-14,17H,5-11H2,1-4H3/t13-,14+/m0/s1. The summed E-state index contributed by atoms with van der Waals surface area (Å²) in [4.78, 5) is 13.4. The van der Waals surface area contributed by atoms with Crippen molar-refractivity contribution in [2.24, 2.45) is 11.3 Å². The Balaban J connectivity index is 1.83. The van der Waals surface area contributed by atoms with Gasteiger partial charge in [-0.1, -0.05) is 47.0 Å². The number of hydrogen-bond donors (Lipinski definition) is 1. The summed E-state index contributed by atoms with van der Waals surface area (Å²) in [6, 6.07) is 0. The highest BCUT2D eigenvalue weighted by Gasteiger charge is 2.62. The lowest BCUT2D eigenvalue weighted by Gasteiger charge is -2.46. The molecule has 0 unspecified atom stereocenters. The molecular formula is C16H30NO3PS. The molecule has 1 aliphatic carbocycles. The minimum Gasteiger partial charge on any atom is -0.630 e. The summed E-state index contributed by atoms with van der Waals surface area (Å²) in [5, 5.41) is 3.98. The van der Waals surface area contributed by atoms with Crippen LogP contribution in [0, 0.1) is 11.3 Å². The number of thioether (sulfide) groups is 1. The first-order valence-electron chi connectivity index (χ1n) is 8.59. The Bertz CT molecular complexity index is 402. The fourth-order valence-electron chi connectivity index (χ4n) is 3.67. The Morgan fingerprint density at radius 1 is 1.14 bits per heavy atom. The van der Waals surface area contributed by atoms with E-state index in [-0.39, 0.29) is 15.9 Å². The summed E-state index contributed by atoms with van der Waals surface area (Å²) in [5.41, 5.74) is -0.0448. The zero-order chi connectivity index (χ0) is 16.0. The van der Waals surface area contributed by atoms with Crippen LogP contribution in [0.15, 0.2) is 0 Å². The van der Waals surface area contributed by atoms with Crippen LogP contribution in [0.5, 0.6) is 0 Å². The van der Waals surface area contributed by atoms with Crippen LogP contribution >= 0.6 is 19.7 Å². The Kier molecular flexibility index (Phi) is 4.89. The van der Waals surface area contributed by atoms with Crippen molar-refractivity contribution in [3.8, 4) is 0 Å². The van der Waals surface area contributed by atoms with Gasteiger partial charge in [0.1, 0.15) is 13.2 Å². The maximum atomic E-state index is 13.4. The van der Waals surface area contributed by atoms with Crippen LogP contribution in [0.3, 0.4) is 0 Å². The molecule has 22 heavy (non-hydrogen) atoms. The molecule has 3 fully saturated rings. The summed E-state index contributed by atoms with van der Waals surface area (Å²) in [5.74, 6) is 0.371. The van der Waals surface area contributed by atoms with Gasteiger partial charge in [-0.2, -0.15) is 0 Å². The van der Waals surface area contributed by atoms with Crippen molar-refractivity contribution in [2.75, 3.05) is 13.2 Å². The normalized spacial score (nSPS) is 36.8. The zero-order valence-electron chi connectivity index (χ0n) is 14.3. The molecule has 1 spiro atoms. The smallest absolute Gasteiger partial charge is 0.256 e.